The van der Waals surface area contributed by atoms with Crippen LogP contribution in [0, 0.1) is 5.41 Å². The van der Waals surface area contributed by atoms with Crippen molar-refractivity contribution in [2.24, 2.45) is 11.1 Å². The summed E-state index contributed by atoms with van der Waals surface area (Å²) in [6.45, 7) is 1.27. The topological polar surface area (TPSA) is 58.4 Å². The Morgan fingerprint density at radius 3 is 2.50 bits per heavy atom. The third kappa shape index (κ3) is 2.38. The quantitative estimate of drug-likeness (QED) is 0.900. The first kappa shape index (κ1) is 15.2. The van der Waals surface area contributed by atoms with Crippen molar-refractivity contribution in [2.45, 2.75) is 31.8 Å². The molecule has 2 aromatic carbocycles. The smallest absolute Gasteiger partial charge is 0.322 e. The molecule has 2 aliphatic rings. The summed E-state index contributed by atoms with van der Waals surface area (Å²) in [4.78, 5) is 14.8. The molecule has 3 N–H and O–H groups in total. The van der Waals surface area contributed by atoms with E-state index in [1.807, 2.05) is 35.2 Å². The van der Waals surface area contributed by atoms with Crippen molar-refractivity contribution in [3.8, 4) is 0 Å². The number of carbonyl (C=O) groups excluding carboxylic acids is 1. The van der Waals surface area contributed by atoms with E-state index in [9.17, 15) is 4.79 Å². The second-order valence-electron chi connectivity index (χ2n) is 6.95. The van der Waals surface area contributed by atoms with E-state index < -0.39 is 0 Å². The SMILES string of the molecule is NCc1ccccc1NC(=O)N1CC2(CCC2)C1c1ccccc1. The molecule has 2 fully saturated rings. The van der Waals surface area contributed by atoms with E-state index >= 15 is 0 Å². The third-order valence-electron chi connectivity index (χ3n) is 5.58. The zero-order chi connectivity index (χ0) is 16.6. The first-order valence-corrected chi connectivity index (χ1v) is 8.64. The summed E-state index contributed by atoms with van der Waals surface area (Å²) in [5, 5.41) is 3.06. The minimum absolute atomic E-state index is 0.0257. The lowest BCUT2D eigenvalue weighted by Crippen LogP contribution is -2.64. The van der Waals surface area contributed by atoms with Gasteiger partial charge < -0.3 is 16.0 Å². The van der Waals surface area contributed by atoms with Gasteiger partial charge >= 0.3 is 6.03 Å². The maximum absolute atomic E-state index is 12.8. The highest BCUT2D eigenvalue weighted by Crippen LogP contribution is 2.60. The molecule has 1 saturated heterocycles. The van der Waals surface area contributed by atoms with E-state index in [-0.39, 0.29) is 12.1 Å². The molecule has 4 nitrogen and oxygen atoms in total. The van der Waals surface area contributed by atoms with Crippen molar-refractivity contribution in [3.05, 3.63) is 65.7 Å². The molecule has 4 rings (SSSR count). The second-order valence-corrected chi connectivity index (χ2v) is 6.95. The van der Waals surface area contributed by atoms with Crippen LogP contribution in [0.1, 0.15) is 36.4 Å². The molecule has 1 spiro atoms. The van der Waals surface area contributed by atoms with Crippen LogP contribution in [0.4, 0.5) is 10.5 Å². The van der Waals surface area contributed by atoms with Gasteiger partial charge in [0, 0.05) is 24.2 Å². The largest absolute Gasteiger partial charge is 0.326 e. The number of nitrogens with one attached hydrogen (secondary N) is 1. The van der Waals surface area contributed by atoms with Gasteiger partial charge in [-0.15, -0.1) is 0 Å². The van der Waals surface area contributed by atoms with Crippen LogP contribution in [-0.4, -0.2) is 17.5 Å². The Hall–Kier alpha value is -2.33. The fourth-order valence-corrected chi connectivity index (χ4v) is 4.16. The molecule has 24 heavy (non-hydrogen) atoms. The number of hydrogen-bond acceptors (Lipinski definition) is 2. The van der Waals surface area contributed by atoms with Crippen LogP contribution in [-0.2, 0) is 6.54 Å². The van der Waals surface area contributed by atoms with Gasteiger partial charge in [-0.2, -0.15) is 0 Å². The Morgan fingerprint density at radius 1 is 1.12 bits per heavy atom. The normalized spacial score (nSPS) is 21.0. The zero-order valence-corrected chi connectivity index (χ0v) is 13.7. The molecule has 0 aromatic heterocycles. The van der Waals surface area contributed by atoms with Crippen molar-refractivity contribution in [1.29, 1.82) is 0 Å². The van der Waals surface area contributed by atoms with Gasteiger partial charge in [0.05, 0.1) is 6.04 Å². The van der Waals surface area contributed by atoms with Crippen LogP contribution < -0.4 is 11.1 Å². The molecule has 1 heterocycles. The summed E-state index contributed by atoms with van der Waals surface area (Å²) >= 11 is 0. The van der Waals surface area contributed by atoms with Crippen molar-refractivity contribution >= 4 is 11.7 Å². The van der Waals surface area contributed by atoms with Crippen LogP contribution in [0.3, 0.4) is 0 Å². The van der Waals surface area contributed by atoms with Gasteiger partial charge in [0.25, 0.3) is 0 Å². The second kappa shape index (κ2) is 5.95. The molecule has 1 saturated carbocycles. The highest BCUT2D eigenvalue weighted by atomic mass is 16.2. The van der Waals surface area contributed by atoms with Crippen molar-refractivity contribution in [3.63, 3.8) is 0 Å². The minimum atomic E-state index is -0.0257. The number of benzene rings is 2. The fourth-order valence-electron chi connectivity index (χ4n) is 4.16. The minimum Gasteiger partial charge on any atom is -0.326 e. The van der Waals surface area contributed by atoms with E-state index in [1.165, 1.54) is 24.8 Å². The lowest BCUT2D eigenvalue weighted by atomic mass is 9.56. The number of amides is 2. The predicted octanol–water partition coefficient (Wildman–Crippen LogP) is 3.90. The van der Waals surface area contributed by atoms with Crippen molar-refractivity contribution < 1.29 is 4.79 Å². The highest BCUT2D eigenvalue weighted by molar-refractivity contribution is 5.91. The first-order valence-electron chi connectivity index (χ1n) is 8.64. The highest BCUT2D eigenvalue weighted by Gasteiger charge is 2.57. The lowest BCUT2D eigenvalue weighted by Gasteiger charge is -2.62. The molecule has 4 heteroatoms. The number of urea groups is 1. The first-order chi connectivity index (χ1) is 11.7. The number of nitrogens with zero attached hydrogens (tertiary/aromatic N) is 1. The van der Waals surface area contributed by atoms with Crippen molar-refractivity contribution in [1.82, 2.24) is 4.90 Å². The van der Waals surface area contributed by atoms with Crippen LogP contribution in [0.2, 0.25) is 0 Å². The maximum Gasteiger partial charge on any atom is 0.322 e. The van der Waals surface area contributed by atoms with Crippen LogP contribution in [0.5, 0.6) is 0 Å². The standard InChI is InChI=1S/C20H23N3O/c21-13-16-9-4-5-10-17(16)22-19(24)23-14-20(11-6-12-20)18(23)15-7-2-1-3-8-15/h1-5,7-10,18H,6,11-14,21H2,(H,22,24). The van der Waals surface area contributed by atoms with Crippen LogP contribution >= 0.6 is 0 Å². The molecule has 1 aliphatic carbocycles. The number of rotatable bonds is 3. The number of hydrogen-bond donors (Lipinski definition) is 2. The van der Waals surface area contributed by atoms with Gasteiger partial charge in [-0.25, -0.2) is 4.79 Å². The number of anilines is 1. The maximum atomic E-state index is 12.8. The Bertz CT molecular complexity index is 740. The van der Waals surface area contributed by atoms with Gasteiger partial charge in [0.1, 0.15) is 0 Å². The van der Waals surface area contributed by atoms with E-state index in [2.05, 4.69) is 29.6 Å². The summed E-state index contributed by atoms with van der Waals surface area (Å²) in [5.41, 5.74) is 9.09. The number of nitrogens with two attached hydrogens (primary N) is 1. The van der Waals surface area contributed by atoms with E-state index in [4.69, 9.17) is 5.73 Å². The average Bonchev–Trinajstić information content (AvgIpc) is 2.54. The van der Waals surface area contributed by atoms with E-state index in [0.717, 1.165) is 17.8 Å². The van der Waals surface area contributed by atoms with Gasteiger partial charge in [-0.1, -0.05) is 55.0 Å². The Morgan fingerprint density at radius 2 is 1.83 bits per heavy atom. The molecule has 1 atom stereocenters. The Kier molecular flexibility index (Phi) is 3.77. The van der Waals surface area contributed by atoms with E-state index in [1.54, 1.807) is 0 Å². The molecule has 1 unspecified atom stereocenters. The summed E-state index contributed by atoms with van der Waals surface area (Å²) in [6.07, 6.45) is 3.71. The molecule has 124 valence electrons. The average molecular weight is 321 g/mol. The number of carbonyl (C=O) groups is 1. The summed E-state index contributed by atoms with van der Waals surface area (Å²) in [5.74, 6) is 0. The Balaban J connectivity index is 1.56. The summed E-state index contributed by atoms with van der Waals surface area (Å²) < 4.78 is 0. The van der Waals surface area contributed by atoms with Crippen LogP contribution in [0.25, 0.3) is 0 Å². The molecular weight excluding hydrogens is 298 g/mol. The monoisotopic (exact) mass is 321 g/mol. The Labute approximate surface area is 142 Å². The summed E-state index contributed by atoms with van der Waals surface area (Å²) in [7, 11) is 0. The van der Waals surface area contributed by atoms with E-state index in [0.29, 0.717) is 12.0 Å². The predicted molar refractivity (Wildman–Crippen MR) is 95.5 cm³/mol. The zero-order valence-electron chi connectivity index (χ0n) is 13.7. The molecule has 2 amide bonds. The molecule has 0 radical (unpaired) electrons. The van der Waals surface area contributed by atoms with Gasteiger partial charge in [0.2, 0.25) is 0 Å². The summed E-state index contributed by atoms with van der Waals surface area (Å²) in [6, 6.07) is 18.3. The molecule has 0 bridgehead atoms. The van der Waals surface area contributed by atoms with Gasteiger partial charge in [-0.3, -0.25) is 0 Å². The third-order valence-corrected chi connectivity index (χ3v) is 5.58. The van der Waals surface area contributed by atoms with Gasteiger partial charge in [-0.05, 0) is 30.0 Å². The van der Waals surface area contributed by atoms with Gasteiger partial charge in [0.15, 0.2) is 0 Å². The van der Waals surface area contributed by atoms with Crippen molar-refractivity contribution in [2.75, 3.05) is 11.9 Å². The van der Waals surface area contributed by atoms with Crippen LogP contribution in [0.15, 0.2) is 54.6 Å². The fraction of sp³-hybridized carbons (Fsp3) is 0.350. The molecule has 1 aliphatic heterocycles. The molecular formula is C20H23N3O. The number of para-hydroxylation sites is 1. The lowest BCUT2D eigenvalue weighted by molar-refractivity contribution is -0.0970. The number of likely N-dealkylation sites (tertiary alicyclic amines) is 1. The molecule has 2 aromatic rings.